The lowest BCUT2D eigenvalue weighted by Crippen LogP contribution is -2.33. The third-order valence-corrected chi connectivity index (χ3v) is 10.7. The number of rotatable bonds is 5. The van der Waals surface area contributed by atoms with E-state index >= 15 is 0 Å². The number of hydrogen-bond acceptors (Lipinski definition) is 6. The monoisotopic (exact) mass is 655 g/mol. The van der Waals surface area contributed by atoms with E-state index in [1.807, 2.05) is 72.8 Å². The fourth-order valence-corrected chi connectivity index (χ4v) is 8.95. The lowest BCUT2D eigenvalue weighted by Gasteiger charge is -2.30. The van der Waals surface area contributed by atoms with Gasteiger partial charge in [0, 0.05) is 21.0 Å². The highest BCUT2D eigenvalue weighted by atomic mass is 79.9. The lowest BCUT2D eigenvalue weighted by atomic mass is 9.83. The number of carbonyl (C=O) groups is 3. The van der Waals surface area contributed by atoms with Crippen LogP contribution in [-0.4, -0.2) is 27.5 Å². The lowest BCUT2D eigenvalue weighted by molar-refractivity contribution is -0.122. The van der Waals surface area contributed by atoms with Gasteiger partial charge in [-0.3, -0.25) is 23.7 Å². The van der Waals surface area contributed by atoms with Crippen molar-refractivity contribution >= 4 is 78.9 Å². The highest BCUT2D eigenvalue weighted by Gasteiger charge is 2.56. The molecule has 0 aliphatic carbocycles. The number of hydrogen-bond donors (Lipinski definition) is 1. The minimum absolute atomic E-state index is 0.211. The Kier molecular flexibility index (Phi) is 6.84. The van der Waals surface area contributed by atoms with Crippen LogP contribution in [0.2, 0.25) is 0 Å². The van der Waals surface area contributed by atoms with Gasteiger partial charge in [0.15, 0.2) is 0 Å². The number of anilines is 2. The standard InChI is InChI=1S/C32H22BrN3O4S2/c33-21-10-6-9-20(15-21)25-26-27(30(39)36(29(26)38)23-11-2-1-3-12-23)41-31-28(25)42-32(40)35(31)17-24(37)34-22-14-13-18-7-4-5-8-19(18)16-22/h1-16,25-27H,17H2,(H,34,37)/t25-,26-,27+/m0/s1. The van der Waals surface area contributed by atoms with Crippen molar-refractivity contribution in [2.24, 2.45) is 5.92 Å². The van der Waals surface area contributed by atoms with Crippen LogP contribution in [0.4, 0.5) is 11.4 Å². The van der Waals surface area contributed by atoms with Gasteiger partial charge in [0.2, 0.25) is 17.7 Å². The van der Waals surface area contributed by atoms with Gasteiger partial charge in [-0.25, -0.2) is 4.90 Å². The molecule has 2 aliphatic rings. The molecule has 42 heavy (non-hydrogen) atoms. The van der Waals surface area contributed by atoms with E-state index in [9.17, 15) is 19.2 Å². The average Bonchev–Trinajstić information content (AvgIpc) is 3.43. The normalized spacial score (nSPS) is 19.5. The number of thiazole rings is 1. The average molecular weight is 657 g/mol. The Morgan fingerprint density at radius 2 is 1.60 bits per heavy atom. The smallest absolute Gasteiger partial charge is 0.308 e. The van der Waals surface area contributed by atoms with Crippen molar-refractivity contribution in [1.82, 2.24) is 4.57 Å². The highest BCUT2D eigenvalue weighted by Crippen LogP contribution is 2.54. The van der Waals surface area contributed by atoms with E-state index in [4.69, 9.17) is 0 Å². The number of carbonyl (C=O) groups excluding carboxylic acids is 3. The molecule has 7 rings (SSSR count). The molecule has 1 N–H and O–H groups in total. The number of amides is 3. The number of para-hydroxylation sites is 1. The highest BCUT2D eigenvalue weighted by molar-refractivity contribution is 9.10. The van der Waals surface area contributed by atoms with E-state index in [0.717, 1.165) is 32.1 Å². The molecule has 0 bridgehead atoms. The summed E-state index contributed by atoms with van der Waals surface area (Å²) in [5.74, 6) is -2.17. The van der Waals surface area contributed by atoms with Crippen molar-refractivity contribution < 1.29 is 14.4 Å². The molecule has 5 aromatic rings. The second-order valence-corrected chi connectivity index (χ2v) is 13.2. The number of thioether (sulfide) groups is 1. The molecule has 0 saturated carbocycles. The molecule has 0 radical (unpaired) electrons. The molecular weight excluding hydrogens is 634 g/mol. The second-order valence-electron chi connectivity index (χ2n) is 10.2. The number of halogens is 1. The van der Waals surface area contributed by atoms with Gasteiger partial charge in [0.1, 0.15) is 11.8 Å². The molecule has 7 nitrogen and oxygen atoms in total. The Bertz CT molecular complexity index is 1950. The summed E-state index contributed by atoms with van der Waals surface area (Å²) in [6.07, 6.45) is 0. The fourth-order valence-electron chi connectivity index (χ4n) is 5.76. The van der Waals surface area contributed by atoms with Crippen molar-refractivity contribution in [2.45, 2.75) is 22.7 Å². The van der Waals surface area contributed by atoms with E-state index < -0.39 is 17.1 Å². The van der Waals surface area contributed by atoms with Gasteiger partial charge >= 0.3 is 4.87 Å². The van der Waals surface area contributed by atoms with Crippen molar-refractivity contribution in [1.29, 1.82) is 0 Å². The zero-order chi connectivity index (χ0) is 29.0. The maximum Gasteiger partial charge on any atom is 0.308 e. The third-order valence-electron chi connectivity index (χ3n) is 7.61. The van der Waals surface area contributed by atoms with Crippen molar-refractivity contribution in [2.75, 3.05) is 10.2 Å². The topological polar surface area (TPSA) is 88.5 Å². The summed E-state index contributed by atoms with van der Waals surface area (Å²) in [5, 5.41) is 4.78. The molecule has 1 aromatic heterocycles. The summed E-state index contributed by atoms with van der Waals surface area (Å²) in [6.45, 7) is -0.211. The Morgan fingerprint density at radius 1 is 0.833 bits per heavy atom. The Morgan fingerprint density at radius 3 is 2.38 bits per heavy atom. The first-order valence-electron chi connectivity index (χ1n) is 13.3. The van der Waals surface area contributed by atoms with E-state index in [1.165, 1.54) is 21.2 Å². The molecule has 208 valence electrons. The van der Waals surface area contributed by atoms with Gasteiger partial charge in [-0.2, -0.15) is 0 Å². The van der Waals surface area contributed by atoms with Crippen molar-refractivity contribution in [3.05, 3.63) is 122 Å². The molecule has 3 atom stereocenters. The van der Waals surface area contributed by atoms with Gasteiger partial charge in [-0.1, -0.05) is 99.7 Å². The van der Waals surface area contributed by atoms with Crippen LogP contribution in [0.25, 0.3) is 10.8 Å². The Hall–Kier alpha value is -3.99. The van der Waals surface area contributed by atoms with E-state index in [1.54, 1.807) is 24.3 Å². The minimum Gasteiger partial charge on any atom is -0.325 e. The number of aromatic nitrogens is 1. The molecule has 3 amide bonds. The first-order chi connectivity index (χ1) is 20.4. The Balaban J connectivity index is 1.26. The van der Waals surface area contributed by atoms with E-state index in [0.29, 0.717) is 21.3 Å². The van der Waals surface area contributed by atoms with E-state index in [2.05, 4.69) is 21.2 Å². The molecule has 4 aromatic carbocycles. The van der Waals surface area contributed by atoms with Gasteiger partial charge in [-0.05, 0) is 52.7 Å². The molecule has 10 heteroatoms. The van der Waals surface area contributed by atoms with Crippen molar-refractivity contribution in [3.63, 3.8) is 0 Å². The summed E-state index contributed by atoms with van der Waals surface area (Å²) in [7, 11) is 0. The molecule has 1 fully saturated rings. The molecule has 3 heterocycles. The maximum atomic E-state index is 13.9. The fraction of sp³-hybridized carbons (Fsp3) is 0.125. The van der Waals surface area contributed by atoms with Crippen LogP contribution in [-0.2, 0) is 20.9 Å². The second kappa shape index (κ2) is 10.7. The summed E-state index contributed by atoms with van der Waals surface area (Å²) < 4.78 is 2.26. The maximum absolute atomic E-state index is 13.9. The van der Waals surface area contributed by atoms with Gasteiger partial charge in [0.05, 0.1) is 16.6 Å². The van der Waals surface area contributed by atoms with Gasteiger partial charge in [0.25, 0.3) is 0 Å². The zero-order valence-electron chi connectivity index (χ0n) is 21.9. The van der Waals surface area contributed by atoms with Crippen LogP contribution in [0.15, 0.2) is 111 Å². The van der Waals surface area contributed by atoms with Crippen LogP contribution in [0.5, 0.6) is 0 Å². The minimum atomic E-state index is -0.738. The number of benzene rings is 4. The zero-order valence-corrected chi connectivity index (χ0v) is 25.1. The summed E-state index contributed by atoms with van der Waals surface area (Å²) >= 11 is 5.77. The van der Waals surface area contributed by atoms with Crippen LogP contribution >= 0.6 is 39.0 Å². The van der Waals surface area contributed by atoms with E-state index in [-0.39, 0.29) is 29.1 Å². The predicted octanol–water partition coefficient (Wildman–Crippen LogP) is 6.26. The molecule has 2 aliphatic heterocycles. The van der Waals surface area contributed by atoms with Crippen LogP contribution in [0.3, 0.4) is 0 Å². The number of nitrogens with one attached hydrogen (secondary N) is 1. The summed E-state index contributed by atoms with van der Waals surface area (Å²) in [4.78, 5) is 56.0. The molecule has 1 saturated heterocycles. The van der Waals surface area contributed by atoms with Crippen LogP contribution in [0.1, 0.15) is 16.4 Å². The SMILES string of the molecule is O=C(Cn1c2c(sc1=O)[C@@H](c1cccc(Br)c1)[C@@H]1C(=O)N(c3ccccc3)C(=O)[C@@H]1S2)Nc1ccc2ccccc2c1. The predicted molar refractivity (Wildman–Crippen MR) is 169 cm³/mol. The molecular formula is C32H22BrN3O4S2. The number of fused-ring (bicyclic) bond motifs is 3. The van der Waals surface area contributed by atoms with Gasteiger partial charge < -0.3 is 5.32 Å². The largest absolute Gasteiger partial charge is 0.325 e. The third kappa shape index (κ3) is 4.59. The molecule has 0 spiro atoms. The quantitative estimate of drug-likeness (QED) is 0.226. The van der Waals surface area contributed by atoms with Gasteiger partial charge in [-0.15, -0.1) is 0 Å². The molecule has 0 unspecified atom stereocenters. The first kappa shape index (κ1) is 26.9. The van der Waals surface area contributed by atoms with Crippen LogP contribution in [0, 0.1) is 5.92 Å². The Labute approximate surface area is 257 Å². The summed E-state index contributed by atoms with van der Waals surface area (Å²) in [6, 6.07) is 30.0. The number of imide groups is 1. The number of nitrogens with zero attached hydrogens (tertiary/aromatic N) is 2. The first-order valence-corrected chi connectivity index (χ1v) is 15.7. The summed E-state index contributed by atoms with van der Waals surface area (Å²) in [5.41, 5.74) is 1.97. The van der Waals surface area contributed by atoms with Crippen molar-refractivity contribution in [3.8, 4) is 0 Å². The van der Waals surface area contributed by atoms with Crippen LogP contribution < -0.4 is 15.1 Å².